The molecule has 1 aromatic carbocycles. The monoisotopic (exact) mass is 276 g/mol. The van der Waals surface area contributed by atoms with Crippen LogP contribution in [0.2, 0.25) is 0 Å². The molecule has 0 aromatic heterocycles. The van der Waals surface area contributed by atoms with E-state index in [0.29, 0.717) is 0 Å². The molecule has 0 atom stereocenters. The molecule has 1 heteroatoms. The zero-order valence-electron chi connectivity index (χ0n) is 12.3. The molecular formula is C18H28S. The summed E-state index contributed by atoms with van der Waals surface area (Å²) in [4.78, 5) is 0. The first-order valence-corrected chi connectivity index (χ1v) is 8.81. The number of hydrogen-bond acceptors (Lipinski definition) is 1. The number of thioether (sulfide) groups is 1. The Morgan fingerprint density at radius 3 is 2.16 bits per heavy atom. The molecule has 0 fully saturated rings. The second kappa shape index (κ2) is 12.3. The van der Waals surface area contributed by atoms with E-state index in [1.54, 1.807) is 0 Å². The molecule has 19 heavy (non-hydrogen) atoms. The third-order valence-electron chi connectivity index (χ3n) is 3.27. The van der Waals surface area contributed by atoms with Crippen molar-refractivity contribution in [2.24, 2.45) is 0 Å². The molecule has 0 saturated carbocycles. The fraction of sp³-hybridized carbons (Fsp3) is 0.556. The van der Waals surface area contributed by atoms with Crippen molar-refractivity contribution in [2.45, 2.75) is 58.3 Å². The van der Waals surface area contributed by atoms with Crippen LogP contribution in [0.25, 0.3) is 6.08 Å². The summed E-state index contributed by atoms with van der Waals surface area (Å²) in [5.41, 5.74) is 1.30. The minimum absolute atomic E-state index is 1.26. The summed E-state index contributed by atoms with van der Waals surface area (Å²) >= 11 is 1.94. The van der Waals surface area contributed by atoms with Gasteiger partial charge in [0.1, 0.15) is 0 Å². The lowest BCUT2D eigenvalue weighted by atomic mass is 10.1. The third kappa shape index (κ3) is 9.84. The molecule has 0 aliphatic rings. The van der Waals surface area contributed by atoms with Gasteiger partial charge in [0, 0.05) is 0 Å². The molecular weight excluding hydrogens is 248 g/mol. The van der Waals surface area contributed by atoms with E-state index in [-0.39, 0.29) is 0 Å². The predicted molar refractivity (Wildman–Crippen MR) is 90.5 cm³/mol. The molecule has 1 aromatic rings. The van der Waals surface area contributed by atoms with Gasteiger partial charge in [0.05, 0.1) is 0 Å². The van der Waals surface area contributed by atoms with E-state index >= 15 is 0 Å². The van der Waals surface area contributed by atoms with Crippen molar-refractivity contribution in [3.63, 3.8) is 0 Å². The van der Waals surface area contributed by atoms with Gasteiger partial charge in [-0.05, 0) is 29.2 Å². The maximum atomic E-state index is 2.28. The fourth-order valence-electron chi connectivity index (χ4n) is 2.08. The van der Waals surface area contributed by atoms with E-state index in [1.807, 2.05) is 11.8 Å². The Hall–Kier alpha value is -0.690. The predicted octanol–water partition coefficient (Wildman–Crippen LogP) is 6.53. The Labute approximate surface area is 123 Å². The summed E-state index contributed by atoms with van der Waals surface area (Å²) in [5.74, 6) is 1.26. The van der Waals surface area contributed by atoms with Crippen LogP contribution in [0.5, 0.6) is 0 Å². The van der Waals surface area contributed by atoms with Crippen LogP contribution in [0, 0.1) is 0 Å². The maximum Gasteiger partial charge on any atom is -0.00260 e. The number of unbranched alkanes of at least 4 members (excludes halogenated alkanes) is 7. The van der Waals surface area contributed by atoms with Gasteiger partial charge in [-0.25, -0.2) is 0 Å². The third-order valence-corrected chi connectivity index (χ3v) is 4.12. The summed E-state index contributed by atoms with van der Waals surface area (Å²) < 4.78 is 0. The van der Waals surface area contributed by atoms with Gasteiger partial charge in [0.25, 0.3) is 0 Å². The topological polar surface area (TPSA) is 0 Å². The Morgan fingerprint density at radius 1 is 0.842 bits per heavy atom. The normalized spacial score (nSPS) is 11.2. The summed E-state index contributed by atoms with van der Waals surface area (Å²) in [6, 6.07) is 10.5. The van der Waals surface area contributed by atoms with Crippen molar-refractivity contribution in [1.29, 1.82) is 0 Å². The van der Waals surface area contributed by atoms with Gasteiger partial charge < -0.3 is 0 Å². The first kappa shape index (κ1) is 16.4. The van der Waals surface area contributed by atoms with Gasteiger partial charge in [-0.1, -0.05) is 82.2 Å². The van der Waals surface area contributed by atoms with E-state index in [4.69, 9.17) is 0 Å². The van der Waals surface area contributed by atoms with Crippen molar-refractivity contribution in [3.8, 4) is 0 Å². The molecule has 0 saturated heterocycles. The van der Waals surface area contributed by atoms with Crippen LogP contribution >= 0.6 is 11.8 Å². The zero-order valence-corrected chi connectivity index (χ0v) is 13.1. The van der Waals surface area contributed by atoms with Crippen LogP contribution in [-0.4, -0.2) is 5.75 Å². The lowest BCUT2D eigenvalue weighted by molar-refractivity contribution is 0.586. The highest BCUT2D eigenvalue weighted by atomic mass is 32.2. The second-order valence-corrected chi connectivity index (χ2v) is 6.07. The maximum absolute atomic E-state index is 2.28. The van der Waals surface area contributed by atoms with E-state index in [1.165, 1.54) is 62.7 Å². The smallest absolute Gasteiger partial charge is 0.00260 e. The standard InChI is InChI=1S/C18H28S/c1-2-3-4-5-6-7-8-12-16-19-17-15-18-13-10-9-11-14-18/h9-11,13-15,17H,2-8,12,16H2,1H3/b17-15-. The van der Waals surface area contributed by atoms with Gasteiger partial charge in [-0.2, -0.15) is 0 Å². The Bertz CT molecular complexity index is 316. The Balaban J connectivity index is 1.87. The van der Waals surface area contributed by atoms with Gasteiger partial charge in [-0.3, -0.25) is 0 Å². The van der Waals surface area contributed by atoms with E-state index in [0.717, 1.165) is 0 Å². The summed E-state index contributed by atoms with van der Waals surface area (Å²) in [5, 5.41) is 2.23. The van der Waals surface area contributed by atoms with Crippen LogP contribution in [0.15, 0.2) is 35.7 Å². The highest BCUT2D eigenvalue weighted by Crippen LogP contribution is 2.13. The number of hydrogen-bond donors (Lipinski definition) is 0. The van der Waals surface area contributed by atoms with E-state index in [2.05, 4.69) is 48.7 Å². The SMILES string of the molecule is CCCCCCCCCCS/C=C\c1ccccc1. The van der Waals surface area contributed by atoms with Gasteiger partial charge in [-0.15, -0.1) is 11.8 Å². The molecule has 0 heterocycles. The zero-order chi connectivity index (χ0) is 13.6. The lowest BCUT2D eigenvalue weighted by Crippen LogP contribution is -1.82. The molecule has 106 valence electrons. The molecule has 0 amide bonds. The molecule has 0 aliphatic carbocycles. The Morgan fingerprint density at radius 2 is 1.47 bits per heavy atom. The quantitative estimate of drug-likeness (QED) is 0.414. The average Bonchev–Trinajstić information content (AvgIpc) is 2.46. The van der Waals surface area contributed by atoms with Gasteiger partial charge in [0.15, 0.2) is 0 Å². The Kier molecular flexibility index (Phi) is 10.6. The van der Waals surface area contributed by atoms with Crippen LogP contribution < -0.4 is 0 Å². The van der Waals surface area contributed by atoms with Crippen molar-refractivity contribution in [3.05, 3.63) is 41.3 Å². The van der Waals surface area contributed by atoms with Gasteiger partial charge in [0.2, 0.25) is 0 Å². The van der Waals surface area contributed by atoms with Crippen LogP contribution in [0.4, 0.5) is 0 Å². The first-order valence-electron chi connectivity index (χ1n) is 7.76. The number of benzene rings is 1. The van der Waals surface area contributed by atoms with Crippen LogP contribution in [-0.2, 0) is 0 Å². The summed E-state index contributed by atoms with van der Waals surface area (Å²) in [7, 11) is 0. The molecule has 0 nitrogen and oxygen atoms in total. The molecule has 1 rings (SSSR count). The summed E-state index contributed by atoms with van der Waals surface area (Å²) in [6.45, 7) is 2.28. The van der Waals surface area contributed by atoms with E-state index < -0.39 is 0 Å². The van der Waals surface area contributed by atoms with Crippen molar-refractivity contribution in [2.75, 3.05) is 5.75 Å². The molecule has 0 unspecified atom stereocenters. The summed E-state index contributed by atoms with van der Waals surface area (Å²) in [6.07, 6.45) is 13.5. The fourth-order valence-corrected chi connectivity index (χ4v) is 2.84. The first-order chi connectivity index (χ1) is 9.43. The highest BCUT2D eigenvalue weighted by Gasteiger charge is 1.91. The molecule has 0 radical (unpaired) electrons. The molecule has 0 N–H and O–H groups in total. The van der Waals surface area contributed by atoms with Gasteiger partial charge >= 0.3 is 0 Å². The number of rotatable bonds is 11. The molecule has 0 bridgehead atoms. The highest BCUT2D eigenvalue weighted by molar-refractivity contribution is 8.02. The second-order valence-electron chi connectivity index (χ2n) is 5.06. The average molecular weight is 276 g/mol. The molecule has 0 spiro atoms. The minimum Gasteiger partial charge on any atom is -0.134 e. The minimum atomic E-state index is 1.26. The molecule has 0 aliphatic heterocycles. The van der Waals surface area contributed by atoms with Crippen LogP contribution in [0.3, 0.4) is 0 Å². The largest absolute Gasteiger partial charge is 0.134 e. The van der Waals surface area contributed by atoms with Crippen molar-refractivity contribution < 1.29 is 0 Å². The lowest BCUT2D eigenvalue weighted by Gasteiger charge is -2.00. The van der Waals surface area contributed by atoms with Crippen molar-refractivity contribution in [1.82, 2.24) is 0 Å². The van der Waals surface area contributed by atoms with E-state index in [9.17, 15) is 0 Å². The van der Waals surface area contributed by atoms with Crippen molar-refractivity contribution >= 4 is 17.8 Å². The van der Waals surface area contributed by atoms with Crippen LogP contribution in [0.1, 0.15) is 63.9 Å².